The minimum Gasteiger partial charge on any atom is -0.480 e. The largest absolute Gasteiger partial charge is 0.480 e. The lowest BCUT2D eigenvalue weighted by molar-refractivity contribution is -0.139. The van der Waals surface area contributed by atoms with E-state index in [-0.39, 0.29) is 5.78 Å². The molecule has 2 N–H and O–H groups in total. The molecule has 0 aromatic rings. The van der Waals surface area contributed by atoms with Gasteiger partial charge in [0.15, 0.2) is 5.78 Å². The van der Waals surface area contributed by atoms with Crippen molar-refractivity contribution in [3.05, 3.63) is 11.8 Å². The molecule has 4 heteroatoms. The van der Waals surface area contributed by atoms with Crippen LogP contribution >= 0.6 is 0 Å². The maximum atomic E-state index is 11.0. The molecule has 78 valence electrons. The van der Waals surface area contributed by atoms with Gasteiger partial charge in [-0.15, -0.1) is 0 Å². The number of hydrogen-bond donors (Lipinski definition) is 2. The van der Waals surface area contributed by atoms with E-state index in [1.165, 1.54) is 6.08 Å². The first-order valence-electron chi connectivity index (χ1n) is 4.86. The van der Waals surface area contributed by atoms with Gasteiger partial charge < -0.3 is 10.4 Å². The fourth-order valence-electron chi connectivity index (χ4n) is 1.47. The van der Waals surface area contributed by atoms with E-state index in [9.17, 15) is 9.59 Å². The number of carboxylic acid groups (broad SMARTS) is 1. The first-order chi connectivity index (χ1) is 6.63. The van der Waals surface area contributed by atoms with Gasteiger partial charge in [0.1, 0.15) is 6.04 Å². The van der Waals surface area contributed by atoms with Gasteiger partial charge in [0.05, 0.1) is 0 Å². The molecule has 0 aliphatic heterocycles. The summed E-state index contributed by atoms with van der Waals surface area (Å²) >= 11 is 0. The van der Waals surface area contributed by atoms with Gasteiger partial charge >= 0.3 is 5.97 Å². The monoisotopic (exact) mass is 197 g/mol. The van der Waals surface area contributed by atoms with E-state index in [4.69, 9.17) is 5.11 Å². The minimum absolute atomic E-state index is 0.0824. The lowest BCUT2D eigenvalue weighted by Crippen LogP contribution is -2.36. The third-order valence-corrected chi connectivity index (χ3v) is 2.27. The van der Waals surface area contributed by atoms with E-state index in [0.717, 1.165) is 18.5 Å². The number of carboxylic acids is 1. The van der Waals surface area contributed by atoms with Crippen molar-refractivity contribution in [3.63, 3.8) is 0 Å². The van der Waals surface area contributed by atoms with Crippen molar-refractivity contribution in [1.29, 1.82) is 0 Å². The fraction of sp³-hybridized carbons (Fsp3) is 0.600. The number of nitrogens with one attached hydrogen (secondary N) is 1. The first kappa shape index (κ1) is 10.8. The zero-order valence-corrected chi connectivity index (χ0v) is 8.25. The molecule has 14 heavy (non-hydrogen) atoms. The van der Waals surface area contributed by atoms with Gasteiger partial charge in [0.2, 0.25) is 0 Å². The van der Waals surface area contributed by atoms with Crippen molar-refractivity contribution in [2.24, 2.45) is 0 Å². The Morgan fingerprint density at radius 1 is 1.64 bits per heavy atom. The molecule has 0 saturated heterocycles. The van der Waals surface area contributed by atoms with Gasteiger partial charge in [0.25, 0.3) is 0 Å². The van der Waals surface area contributed by atoms with Crippen LogP contribution in [0.5, 0.6) is 0 Å². The van der Waals surface area contributed by atoms with Crippen LogP contribution in [0.3, 0.4) is 0 Å². The summed E-state index contributed by atoms with van der Waals surface area (Å²) in [6.07, 6.45) is 4.20. The van der Waals surface area contributed by atoms with Crippen LogP contribution in [0.25, 0.3) is 0 Å². The van der Waals surface area contributed by atoms with Crippen LogP contribution in [-0.4, -0.2) is 22.9 Å². The highest BCUT2D eigenvalue weighted by molar-refractivity contribution is 5.91. The molecule has 0 spiro atoms. The molecule has 1 aliphatic rings. The summed E-state index contributed by atoms with van der Waals surface area (Å²) in [7, 11) is 0. The van der Waals surface area contributed by atoms with Gasteiger partial charge in [-0.3, -0.25) is 4.79 Å². The normalized spacial score (nSPS) is 18.6. The van der Waals surface area contributed by atoms with E-state index in [2.05, 4.69) is 5.32 Å². The predicted octanol–water partition coefficient (Wildman–Crippen LogP) is 1.08. The van der Waals surface area contributed by atoms with Crippen molar-refractivity contribution in [1.82, 2.24) is 5.32 Å². The van der Waals surface area contributed by atoms with Crippen molar-refractivity contribution in [2.45, 2.75) is 38.6 Å². The van der Waals surface area contributed by atoms with Crippen LogP contribution in [0.1, 0.15) is 32.6 Å². The van der Waals surface area contributed by atoms with Crippen LogP contribution in [0, 0.1) is 0 Å². The number of carbonyl (C=O) groups excluding carboxylic acids is 1. The van der Waals surface area contributed by atoms with E-state index in [1.54, 1.807) is 6.92 Å². The molecular weight excluding hydrogens is 182 g/mol. The molecule has 1 unspecified atom stereocenters. The molecule has 0 bridgehead atoms. The standard InChI is InChI=1S/C10H15NO3/c1-2-9(10(13)14)11-7-4-3-5-8(12)6-7/h6,9,11H,2-5H2,1H3,(H,13,14). The van der Waals surface area contributed by atoms with Crippen LogP contribution < -0.4 is 5.32 Å². The average Bonchev–Trinajstić information content (AvgIpc) is 2.14. The highest BCUT2D eigenvalue weighted by Crippen LogP contribution is 2.13. The maximum Gasteiger partial charge on any atom is 0.326 e. The molecule has 1 atom stereocenters. The molecule has 0 radical (unpaired) electrons. The van der Waals surface area contributed by atoms with E-state index in [0.29, 0.717) is 12.8 Å². The molecule has 4 nitrogen and oxygen atoms in total. The summed E-state index contributed by atoms with van der Waals surface area (Å²) in [5.74, 6) is -0.787. The van der Waals surface area contributed by atoms with Gasteiger partial charge in [-0.1, -0.05) is 6.92 Å². The quantitative estimate of drug-likeness (QED) is 0.707. The van der Waals surface area contributed by atoms with E-state index < -0.39 is 12.0 Å². The molecule has 0 fully saturated rings. The smallest absolute Gasteiger partial charge is 0.326 e. The first-order valence-corrected chi connectivity index (χ1v) is 4.86. The zero-order chi connectivity index (χ0) is 10.6. The fourth-order valence-corrected chi connectivity index (χ4v) is 1.47. The van der Waals surface area contributed by atoms with Gasteiger partial charge in [-0.2, -0.15) is 0 Å². The number of ketones is 1. The minimum atomic E-state index is -0.869. The Hall–Kier alpha value is -1.32. The molecular formula is C10H15NO3. The SMILES string of the molecule is CCC(NC1=CC(=O)CCC1)C(=O)O. The number of allylic oxidation sites excluding steroid dienone is 2. The molecule has 0 amide bonds. The van der Waals surface area contributed by atoms with Gasteiger partial charge in [-0.05, 0) is 19.3 Å². The van der Waals surface area contributed by atoms with Gasteiger partial charge in [-0.25, -0.2) is 4.79 Å². The van der Waals surface area contributed by atoms with Gasteiger partial charge in [0, 0.05) is 18.2 Å². The Morgan fingerprint density at radius 3 is 2.86 bits per heavy atom. The summed E-state index contributed by atoms with van der Waals surface area (Å²) in [5, 5.41) is 11.7. The third-order valence-electron chi connectivity index (χ3n) is 2.27. The third kappa shape index (κ3) is 2.87. The second-order valence-corrected chi connectivity index (χ2v) is 3.43. The predicted molar refractivity (Wildman–Crippen MR) is 51.8 cm³/mol. The number of rotatable bonds is 4. The Bertz CT molecular complexity index is 271. The highest BCUT2D eigenvalue weighted by Gasteiger charge is 2.17. The number of hydrogen-bond acceptors (Lipinski definition) is 3. The average molecular weight is 197 g/mol. The van der Waals surface area contributed by atoms with Crippen LogP contribution in [-0.2, 0) is 9.59 Å². The lowest BCUT2D eigenvalue weighted by Gasteiger charge is -2.18. The molecule has 0 aromatic heterocycles. The molecule has 0 aromatic carbocycles. The number of aliphatic carboxylic acids is 1. The van der Waals surface area contributed by atoms with Crippen LogP contribution in [0.2, 0.25) is 0 Å². The summed E-state index contributed by atoms with van der Waals surface area (Å²) in [4.78, 5) is 21.8. The van der Waals surface area contributed by atoms with Crippen molar-refractivity contribution in [3.8, 4) is 0 Å². The summed E-state index contributed by atoms with van der Waals surface area (Å²) in [5.41, 5.74) is 0.760. The van der Waals surface area contributed by atoms with Crippen LogP contribution in [0.15, 0.2) is 11.8 Å². The summed E-state index contributed by atoms with van der Waals surface area (Å²) in [6.45, 7) is 1.80. The van der Waals surface area contributed by atoms with E-state index in [1.807, 2.05) is 0 Å². The van der Waals surface area contributed by atoms with E-state index >= 15 is 0 Å². The lowest BCUT2D eigenvalue weighted by atomic mass is 10.0. The Morgan fingerprint density at radius 2 is 2.36 bits per heavy atom. The summed E-state index contributed by atoms with van der Waals surface area (Å²) < 4.78 is 0. The molecule has 0 saturated carbocycles. The second-order valence-electron chi connectivity index (χ2n) is 3.43. The van der Waals surface area contributed by atoms with Crippen LogP contribution in [0.4, 0.5) is 0 Å². The number of carbonyl (C=O) groups is 2. The Balaban J connectivity index is 2.57. The van der Waals surface area contributed by atoms with Crippen molar-refractivity contribution in [2.75, 3.05) is 0 Å². The highest BCUT2D eigenvalue weighted by atomic mass is 16.4. The second kappa shape index (κ2) is 4.79. The van der Waals surface area contributed by atoms with Crippen molar-refractivity contribution < 1.29 is 14.7 Å². The maximum absolute atomic E-state index is 11.0. The molecule has 0 heterocycles. The Labute approximate surface area is 83.0 Å². The zero-order valence-electron chi connectivity index (χ0n) is 8.25. The topological polar surface area (TPSA) is 66.4 Å². The summed E-state index contributed by atoms with van der Waals surface area (Å²) in [6, 6.07) is -0.577. The Kier molecular flexibility index (Phi) is 3.68. The van der Waals surface area contributed by atoms with Crippen molar-refractivity contribution >= 4 is 11.8 Å². The molecule has 1 rings (SSSR count). The molecule has 1 aliphatic carbocycles.